The Morgan fingerprint density at radius 3 is 2.50 bits per heavy atom. The van der Waals surface area contributed by atoms with Gasteiger partial charge in [0.25, 0.3) is 0 Å². The number of carbonyl (C=O) groups is 2. The van der Waals surface area contributed by atoms with E-state index >= 15 is 0 Å². The molecule has 0 spiro atoms. The number of carbonyl (C=O) groups excluding carboxylic acids is 2. The predicted molar refractivity (Wildman–Crippen MR) is 126 cm³/mol. The van der Waals surface area contributed by atoms with Crippen LogP contribution in [0.25, 0.3) is 0 Å². The molecule has 4 N–H and O–H groups in total. The van der Waals surface area contributed by atoms with Gasteiger partial charge in [0.15, 0.2) is 0 Å². The Morgan fingerprint density at radius 2 is 1.71 bits per heavy atom. The van der Waals surface area contributed by atoms with Gasteiger partial charge in [0.2, 0.25) is 11.8 Å². The van der Waals surface area contributed by atoms with Gasteiger partial charge in [0, 0.05) is 12.8 Å². The Hall–Kier alpha value is -3.68. The molecule has 0 bridgehead atoms. The van der Waals surface area contributed by atoms with Crippen molar-refractivity contribution in [3.63, 3.8) is 0 Å². The molecule has 1 aliphatic carbocycles. The summed E-state index contributed by atoms with van der Waals surface area (Å²) in [6.45, 7) is 0.417. The molecule has 176 valence electrons. The van der Waals surface area contributed by atoms with E-state index in [2.05, 4.69) is 5.32 Å². The van der Waals surface area contributed by atoms with Crippen LogP contribution in [0.15, 0.2) is 78.9 Å². The van der Waals surface area contributed by atoms with E-state index in [1.54, 1.807) is 5.48 Å². The van der Waals surface area contributed by atoms with E-state index in [9.17, 15) is 14.7 Å². The van der Waals surface area contributed by atoms with E-state index in [1.165, 1.54) is 0 Å². The minimum atomic E-state index is -0.739. The number of hydroxylamine groups is 1. The normalized spacial score (nSPS) is 17.5. The molecular formula is C27H28N2O5. The largest absolute Gasteiger partial charge is 0.489 e. The van der Waals surface area contributed by atoms with E-state index in [0.717, 1.165) is 22.3 Å². The Bertz CT molecular complexity index is 1130. The maximum Gasteiger partial charge on any atom is 0.244 e. The third-order valence-electron chi connectivity index (χ3n) is 6.06. The second-order valence-corrected chi connectivity index (χ2v) is 8.52. The van der Waals surface area contributed by atoms with Crippen molar-refractivity contribution in [2.45, 2.75) is 38.0 Å². The Balaban J connectivity index is 1.46. The van der Waals surface area contributed by atoms with Crippen molar-refractivity contribution in [3.8, 4) is 5.75 Å². The van der Waals surface area contributed by atoms with Gasteiger partial charge in [0.05, 0.1) is 18.1 Å². The summed E-state index contributed by atoms with van der Waals surface area (Å²) in [5, 5.41) is 22.4. The van der Waals surface area contributed by atoms with Gasteiger partial charge in [0.1, 0.15) is 12.4 Å². The SMILES string of the molecule is O=C(C[C@@H](Cc1cccc(OCc2ccccc2)c1)C(=O)N[C@H]1c2ccccc2C[C@H]1O)NO. The van der Waals surface area contributed by atoms with Crippen LogP contribution in [0.5, 0.6) is 5.75 Å². The first-order valence-corrected chi connectivity index (χ1v) is 11.3. The molecule has 0 fully saturated rings. The second-order valence-electron chi connectivity index (χ2n) is 8.52. The molecule has 0 unspecified atom stereocenters. The zero-order chi connectivity index (χ0) is 23.9. The minimum Gasteiger partial charge on any atom is -0.489 e. The maximum absolute atomic E-state index is 13.2. The van der Waals surface area contributed by atoms with E-state index in [1.807, 2.05) is 78.9 Å². The topological polar surface area (TPSA) is 108 Å². The molecule has 0 aromatic heterocycles. The summed E-state index contributed by atoms with van der Waals surface area (Å²) < 4.78 is 5.88. The van der Waals surface area contributed by atoms with Crippen LogP contribution in [0, 0.1) is 5.92 Å². The molecule has 0 heterocycles. The standard InChI is InChI=1S/C27H28N2O5/c30-24-15-20-10-4-5-12-23(20)26(24)28-27(32)21(16-25(31)29-33)13-19-9-6-11-22(14-19)34-17-18-7-2-1-3-8-18/h1-12,14,21,24,26,30,33H,13,15-17H2,(H,28,32)(H,29,31)/t21-,24-,26+/m1/s1. The van der Waals surface area contributed by atoms with Gasteiger partial charge >= 0.3 is 0 Å². The fourth-order valence-corrected chi connectivity index (χ4v) is 4.33. The predicted octanol–water partition coefficient (Wildman–Crippen LogP) is 3.09. The van der Waals surface area contributed by atoms with Crippen LogP contribution < -0.4 is 15.5 Å². The lowest BCUT2D eigenvalue weighted by Gasteiger charge is -2.22. The highest BCUT2D eigenvalue weighted by Crippen LogP contribution is 2.32. The highest BCUT2D eigenvalue weighted by molar-refractivity contribution is 5.86. The number of fused-ring (bicyclic) bond motifs is 1. The molecular weight excluding hydrogens is 432 g/mol. The molecule has 3 aromatic carbocycles. The number of rotatable bonds is 9. The molecule has 0 radical (unpaired) electrons. The van der Waals surface area contributed by atoms with Crippen LogP contribution in [-0.4, -0.2) is 28.2 Å². The number of benzene rings is 3. The quantitative estimate of drug-likeness (QED) is 0.290. The van der Waals surface area contributed by atoms with Crippen LogP contribution >= 0.6 is 0 Å². The van der Waals surface area contributed by atoms with Crippen LogP contribution in [0.4, 0.5) is 0 Å². The van der Waals surface area contributed by atoms with Crippen LogP contribution in [0.1, 0.15) is 34.7 Å². The number of ether oxygens (including phenoxy) is 1. The number of hydrogen-bond donors (Lipinski definition) is 4. The Labute approximate surface area is 198 Å². The average Bonchev–Trinajstić information content (AvgIpc) is 3.18. The lowest BCUT2D eigenvalue weighted by atomic mass is 9.94. The summed E-state index contributed by atoms with van der Waals surface area (Å²) in [6.07, 6.45) is -0.193. The van der Waals surface area contributed by atoms with Crippen molar-refractivity contribution >= 4 is 11.8 Å². The molecule has 0 saturated carbocycles. The second kappa shape index (κ2) is 11.0. The van der Waals surface area contributed by atoms with Gasteiger partial charge < -0.3 is 15.2 Å². The zero-order valence-electron chi connectivity index (χ0n) is 18.7. The van der Waals surface area contributed by atoms with Gasteiger partial charge in [-0.2, -0.15) is 0 Å². The Morgan fingerprint density at radius 1 is 0.971 bits per heavy atom. The van der Waals surface area contributed by atoms with E-state index < -0.39 is 24.0 Å². The lowest BCUT2D eigenvalue weighted by molar-refractivity contribution is -0.135. The maximum atomic E-state index is 13.2. The molecule has 7 nitrogen and oxygen atoms in total. The van der Waals surface area contributed by atoms with Crippen molar-refractivity contribution in [1.82, 2.24) is 10.8 Å². The van der Waals surface area contributed by atoms with Crippen molar-refractivity contribution < 1.29 is 24.6 Å². The molecule has 4 rings (SSSR count). The number of nitrogens with one attached hydrogen (secondary N) is 2. The number of amides is 2. The minimum absolute atomic E-state index is 0.193. The smallest absolute Gasteiger partial charge is 0.244 e. The zero-order valence-corrected chi connectivity index (χ0v) is 18.7. The van der Waals surface area contributed by atoms with E-state index in [0.29, 0.717) is 18.8 Å². The summed E-state index contributed by atoms with van der Waals surface area (Å²) in [7, 11) is 0. The van der Waals surface area contributed by atoms with Crippen molar-refractivity contribution in [3.05, 3.63) is 101 Å². The summed E-state index contributed by atoms with van der Waals surface area (Å²) in [5.41, 5.74) is 5.35. The summed E-state index contributed by atoms with van der Waals surface area (Å²) >= 11 is 0. The molecule has 0 aliphatic heterocycles. The van der Waals surface area contributed by atoms with Crippen LogP contribution in [-0.2, 0) is 29.0 Å². The first-order chi connectivity index (χ1) is 16.5. The first-order valence-electron chi connectivity index (χ1n) is 11.3. The van der Waals surface area contributed by atoms with Gasteiger partial charge in [-0.15, -0.1) is 0 Å². The summed E-state index contributed by atoms with van der Waals surface area (Å²) in [6, 6.07) is 24.2. The molecule has 0 saturated heterocycles. The summed E-state index contributed by atoms with van der Waals surface area (Å²) in [5.74, 6) is -1.09. The number of aliphatic hydroxyl groups is 1. The van der Waals surface area contributed by atoms with Crippen LogP contribution in [0.2, 0.25) is 0 Å². The summed E-state index contributed by atoms with van der Waals surface area (Å²) in [4.78, 5) is 25.1. The number of aliphatic hydroxyl groups excluding tert-OH is 1. The lowest BCUT2D eigenvalue weighted by Crippen LogP contribution is -2.40. The fraction of sp³-hybridized carbons (Fsp3) is 0.259. The van der Waals surface area contributed by atoms with Gasteiger partial charge in [-0.05, 0) is 40.8 Å². The van der Waals surface area contributed by atoms with Gasteiger partial charge in [-0.25, -0.2) is 5.48 Å². The molecule has 2 amide bonds. The number of hydrogen-bond acceptors (Lipinski definition) is 5. The fourth-order valence-electron chi connectivity index (χ4n) is 4.33. The molecule has 1 aliphatic rings. The average molecular weight is 461 g/mol. The van der Waals surface area contributed by atoms with Crippen molar-refractivity contribution in [2.24, 2.45) is 5.92 Å². The van der Waals surface area contributed by atoms with E-state index in [-0.39, 0.29) is 18.7 Å². The monoisotopic (exact) mass is 460 g/mol. The van der Waals surface area contributed by atoms with Gasteiger partial charge in [-0.1, -0.05) is 66.7 Å². The molecule has 7 heteroatoms. The third-order valence-corrected chi connectivity index (χ3v) is 6.06. The highest BCUT2D eigenvalue weighted by atomic mass is 16.5. The van der Waals surface area contributed by atoms with Crippen molar-refractivity contribution in [1.29, 1.82) is 0 Å². The molecule has 3 aromatic rings. The van der Waals surface area contributed by atoms with Crippen LogP contribution in [0.3, 0.4) is 0 Å². The van der Waals surface area contributed by atoms with Gasteiger partial charge in [-0.3, -0.25) is 14.8 Å². The first kappa shape index (κ1) is 23.5. The third kappa shape index (κ3) is 5.81. The van der Waals surface area contributed by atoms with Crippen molar-refractivity contribution in [2.75, 3.05) is 0 Å². The highest BCUT2D eigenvalue weighted by Gasteiger charge is 2.34. The molecule has 34 heavy (non-hydrogen) atoms. The Kier molecular flexibility index (Phi) is 7.57. The molecule has 3 atom stereocenters. The van der Waals surface area contributed by atoms with E-state index in [4.69, 9.17) is 9.94 Å².